The summed E-state index contributed by atoms with van der Waals surface area (Å²) in [4.78, 5) is 37.3. The SMILES string of the molecule is COc1ccc2nc(C3(c4ccccc4)CCN(C(=O)c4c[nH]c(=O)cn4)CC3)cn2n1. The summed E-state index contributed by atoms with van der Waals surface area (Å²) in [7, 11) is 1.58. The maximum Gasteiger partial charge on any atom is 0.273 e. The number of piperidine rings is 1. The minimum atomic E-state index is -0.350. The largest absolute Gasteiger partial charge is 0.480 e. The molecule has 32 heavy (non-hydrogen) atoms. The Labute approximate surface area is 183 Å². The van der Waals surface area contributed by atoms with E-state index >= 15 is 0 Å². The Morgan fingerprint density at radius 1 is 1.12 bits per heavy atom. The summed E-state index contributed by atoms with van der Waals surface area (Å²) in [5.74, 6) is 0.327. The van der Waals surface area contributed by atoms with Gasteiger partial charge in [0, 0.05) is 30.8 Å². The Kier molecular flexibility index (Phi) is 4.93. The standard InChI is InChI=1S/C23H22N6O3/c1-32-21-8-7-19-26-18(15-29(19)27-21)23(16-5-3-2-4-6-16)9-11-28(12-10-23)22(31)17-13-25-20(30)14-24-17/h2-8,13-15H,9-12H2,1H3,(H,25,30). The van der Waals surface area contributed by atoms with Gasteiger partial charge in [0.25, 0.3) is 11.5 Å². The van der Waals surface area contributed by atoms with E-state index in [9.17, 15) is 9.59 Å². The van der Waals surface area contributed by atoms with E-state index in [1.807, 2.05) is 30.5 Å². The molecule has 0 atom stereocenters. The Balaban J connectivity index is 1.49. The highest BCUT2D eigenvalue weighted by molar-refractivity contribution is 5.92. The molecule has 9 nitrogen and oxygen atoms in total. The third-order valence-corrected chi connectivity index (χ3v) is 6.12. The van der Waals surface area contributed by atoms with E-state index < -0.39 is 0 Å². The minimum Gasteiger partial charge on any atom is -0.480 e. The summed E-state index contributed by atoms with van der Waals surface area (Å²) in [6.07, 6.45) is 5.85. The fraction of sp³-hybridized carbons (Fsp3) is 0.261. The minimum absolute atomic E-state index is 0.190. The molecule has 0 aliphatic carbocycles. The first kappa shape index (κ1) is 19.9. The van der Waals surface area contributed by atoms with Gasteiger partial charge in [0.05, 0.1) is 25.2 Å². The fourth-order valence-corrected chi connectivity index (χ4v) is 4.37. The Morgan fingerprint density at radius 3 is 2.59 bits per heavy atom. The van der Waals surface area contributed by atoms with Crippen LogP contribution in [0.25, 0.3) is 5.65 Å². The number of hydrogen-bond donors (Lipinski definition) is 1. The molecule has 3 aromatic heterocycles. The topological polar surface area (TPSA) is 105 Å². The maximum atomic E-state index is 12.9. The number of aromatic amines is 1. The first-order chi connectivity index (χ1) is 15.6. The van der Waals surface area contributed by atoms with Gasteiger partial charge in [-0.3, -0.25) is 9.59 Å². The van der Waals surface area contributed by atoms with Crippen LogP contribution in [-0.4, -0.2) is 55.6 Å². The number of ether oxygens (including phenoxy) is 1. The zero-order valence-electron chi connectivity index (χ0n) is 17.6. The van der Waals surface area contributed by atoms with Crippen molar-refractivity contribution in [3.8, 4) is 5.88 Å². The number of carbonyl (C=O) groups excluding carboxylic acids is 1. The maximum absolute atomic E-state index is 12.9. The molecule has 0 spiro atoms. The van der Waals surface area contributed by atoms with E-state index in [2.05, 4.69) is 27.2 Å². The number of methoxy groups -OCH3 is 1. The van der Waals surface area contributed by atoms with Crippen LogP contribution in [0.2, 0.25) is 0 Å². The van der Waals surface area contributed by atoms with Crippen LogP contribution in [0.3, 0.4) is 0 Å². The van der Waals surface area contributed by atoms with Crippen molar-refractivity contribution in [2.45, 2.75) is 18.3 Å². The molecule has 1 N–H and O–H groups in total. The first-order valence-corrected chi connectivity index (χ1v) is 10.4. The number of H-pyrrole nitrogens is 1. The number of nitrogens with zero attached hydrogens (tertiary/aromatic N) is 5. The van der Waals surface area contributed by atoms with Crippen LogP contribution >= 0.6 is 0 Å². The van der Waals surface area contributed by atoms with Crippen LogP contribution in [0, 0.1) is 0 Å². The zero-order valence-corrected chi connectivity index (χ0v) is 17.6. The summed E-state index contributed by atoms with van der Waals surface area (Å²) >= 11 is 0. The number of carbonyl (C=O) groups is 1. The second-order valence-corrected chi connectivity index (χ2v) is 7.84. The Morgan fingerprint density at radius 2 is 1.91 bits per heavy atom. The van der Waals surface area contributed by atoms with Gasteiger partial charge in [-0.05, 0) is 24.5 Å². The molecule has 4 aromatic rings. The van der Waals surface area contributed by atoms with Gasteiger partial charge in [-0.15, -0.1) is 5.10 Å². The first-order valence-electron chi connectivity index (χ1n) is 10.4. The molecule has 0 unspecified atom stereocenters. The van der Waals surface area contributed by atoms with Crippen molar-refractivity contribution in [3.05, 3.63) is 88.4 Å². The molecule has 1 fully saturated rings. The van der Waals surface area contributed by atoms with Crippen LogP contribution in [0.4, 0.5) is 0 Å². The highest BCUT2D eigenvalue weighted by atomic mass is 16.5. The van der Waals surface area contributed by atoms with Crippen LogP contribution in [0.5, 0.6) is 5.88 Å². The third kappa shape index (κ3) is 3.41. The highest BCUT2D eigenvalue weighted by Crippen LogP contribution is 2.41. The van der Waals surface area contributed by atoms with E-state index in [1.54, 1.807) is 22.6 Å². The van der Waals surface area contributed by atoms with Crippen molar-refractivity contribution in [1.82, 2.24) is 29.5 Å². The van der Waals surface area contributed by atoms with Gasteiger partial charge in [0.1, 0.15) is 5.69 Å². The number of hydrogen-bond acceptors (Lipinski definition) is 6. The normalized spacial score (nSPS) is 15.6. The second-order valence-electron chi connectivity index (χ2n) is 7.84. The van der Waals surface area contributed by atoms with Gasteiger partial charge in [-0.25, -0.2) is 14.5 Å². The molecule has 1 saturated heterocycles. The average Bonchev–Trinajstić information content (AvgIpc) is 3.28. The molecule has 162 valence electrons. The molecule has 0 saturated carbocycles. The number of rotatable bonds is 4. The summed E-state index contributed by atoms with van der Waals surface area (Å²) in [6, 6.07) is 13.9. The third-order valence-electron chi connectivity index (χ3n) is 6.12. The molecule has 9 heteroatoms. The van der Waals surface area contributed by atoms with Crippen molar-refractivity contribution in [1.29, 1.82) is 0 Å². The molecule has 1 aromatic carbocycles. The molecule has 5 rings (SSSR count). The lowest BCUT2D eigenvalue weighted by molar-refractivity contribution is 0.0677. The van der Waals surface area contributed by atoms with Gasteiger partial charge in [-0.1, -0.05) is 30.3 Å². The lowest BCUT2D eigenvalue weighted by Crippen LogP contribution is -2.46. The number of aromatic nitrogens is 5. The molecular weight excluding hydrogens is 408 g/mol. The van der Waals surface area contributed by atoms with Gasteiger partial charge < -0.3 is 14.6 Å². The number of likely N-dealkylation sites (tertiary alicyclic amines) is 1. The van der Waals surface area contributed by atoms with E-state index in [-0.39, 0.29) is 22.6 Å². The summed E-state index contributed by atoms with van der Waals surface area (Å²) in [5, 5.41) is 4.45. The van der Waals surface area contributed by atoms with E-state index in [1.165, 1.54) is 6.20 Å². The molecule has 1 aliphatic heterocycles. The van der Waals surface area contributed by atoms with Crippen LogP contribution in [0.15, 0.2) is 65.8 Å². The number of nitrogens with one attached hydrogen (secondary N) is 1. The summed E-state index contributed by atoms with van der Waals surface area (Å²) in [6.45, 7) is 1.08. The number of imidazole rings is 1. The van der Waals surface area contributed by atoms with Crippen molar-refractivity contribution < 1.29 is 9.53 Å². The van der Waals surface area contributed by atoms with Gasteiger partial charge in [-0.2, -0.15) is 0 Å². The molecule has 1 aliphatic rings. The lowest BCUT2D eigenvalue weighted by Gasteiger charge is -2.41. The smallest absolute Gasteiger partial charge is 0.273 e. The molecule has 4 heterocycles. The van der Waals surface area contributed by atoms with Crippen molar-refractivity contribution in [3.63, 3.8) is 0 Å². The van der Waals surface area contributed by atoms with E-state index in [0.29, 0.717) is 31.8 Å². The van der Waals surface area contributed by atoms with E-state index in [4.69, 9.17) is 9.72 Å². The number of amides is 1. The lowest BCUT2D eigenvalue weighted by atomic mass is 9.70. The predicted octanol–water partition coefficient (Wildman–Crippen LogP) is 2.04. The number of benzene rings is 1. The van der Waals surface area contributed by atoms with Crippen molar-refractivity contribution in [2.75, 3.05) is 20.2 Å². The molecule has 1 amide bonds. The zero-order chi connectivity index (χ0) is 22.1. The Hall–Kier alpha value is -4.01. The monoisotopic (exact) mass is 430 g/mol. The fourth-order valence-electron chi connectivity index (χ4n) is 4.37. The van der Waals surface area contributed by atoms with Crippen molar-refractivity contribution >= 4 is 11.6 Å². The van der Waals surface area contributed by atoms with Crippen LogP contribution in [0.1, 0.15) is 34.6 Å². The van der Waals surface area contributed by atoms with E-state index in [0.717, 1.165) is 23.1 Å². The van der Waals surface area contributed by atoms with Gasteiger partial charge in [0.15, 0.2) is 5.65 Å². The number of fused-ring (bicyclic) bond motifs is 1. The quantitative estimate of drug-likeness (QED) is 0.531. The Bertz CT molecular complexity index is 1300. The summed E-state index contributed by atoms with van der Waals surface area (Å²) < 4.78 is 6.98. The van der Waals surface area contributed by atoms with Gasteiger partial charge in [0.2, 0.25) is 5.88 Å². The molecule has 0 radical (unpaired) electrons. The summed E-state index contributed by atoms with van der Waals surface area (Å²) in [5.41, 5.74) is 2.37. The van der Waals surface area contributed by atoms with Crippen LogP contribution in [-0.2, 0) is 5.41 Å². The average molecular weight is 430 g/mol. The van der Waals surface area contributed by atoms with Crippen molar-refractivity contribution in [2.24, 2.45) is 0 Å². The molecule has 0 bridgehead atoms. The predicted molar refractivity (Wildman–Crippen MR) is 117 cm³/mol. The molecular formula is C23H22N6O3. The second kappa shape index (κ2) is 7.92. The van der Waals surface area contributed by atoms with Gasteiger partial charge >= 0.3 is 0 Å². The van der Waals surface area contributed by atoms with Crippen LogP contribution < -0.4 is 10.3 Å². The highest BCUT2D eigenvalue weighted by Gasteiger charge is 2.41.